The van der Waals surface area contributed by atoms with Crippen LogP contribution in [0.5, 0.6) is 5.75 Å². The molecule has 1 rings (SSSR count). The second kappa shape index (κ2) is 7.29. The molecule has 1 aromatic carbocycles. The molecule has 0 aliphatic carbocycles. The standard InChI is InChI=1S/C12H16BrNO3/c1-9(8-15)14-12(16)5-6-17-11-4-2-3-10(13)7-11/h2-4,7,9,15H,5-6,8H2,1H3,(H,14,16)/t9-/m1/s1. The molecular formula is C12H16BrNO3. The van der Waals surface area contributed by atoms with Gasteiger partial charge >= 0.3 is 0 Å². The summed E-state index contributed by atoms with van der Waals surface area (Å²) in [5.41, 5.74) is 0. The summed E-state index contributed by atoms with van der Waals surface area (Å²) < 4.78 is 6.36. The highest BCUT2D eigenvalue weighted by Crippen LogP contribution is 2.17. The number of amides is 1. The van der Waals surface area contributed by atoms with Crippen LogP contribution < -0.4 is 10.1 Å². The molecule has 0 bridgehead atoms. The van der Waals surface area contributed by atoms with Crippen molar-refractivity contribution in [3.8, 4) is 5.75 Å². The predicted molar refractivity (Wildman–Crippen MR) is 68.9 cm³/mol. The van der Waals surface area contributed by atoms with Crippen LogP contribution in [-0.2, 0) is 4.79 Å². The van der Waals surface area contributed by atoms with E-state index in [1.165, 1.54) is 0 Å². The molecule has 1 aromatic rings. The number of hydrogen-bond acceptors (Lipinski definition) is 3. The fourth-order valence-electron chi connectivity index (χ4n) is 1.21. The van der Waals surface area contributed by atoms with Crippen molar-refractivity contribution >= 4 is 21.8 Å². The molecule has 4 nitrogen and oxygen atoms in total. The molecule has 0 heterocycles. The molecule has 0 radical (unpaired) electrons. The van der Waals surface area contributed by atoms with Gasteiger partial charge in [-0.15, -0.1) is 0 Å². The Morgan fingerprint density at radius 1 is 1.59 bits per heavy atom. The van der Waals surface area contributed by atoms with Gasteiger partial charge in [0, 0.05) is 10.5 Å². The van der Waals surface area contributed by atoms with Gasteiger partial charge in [-0.05, 0) is 25.1 Å². The molecule has 5 heteroatoms. The van der Waals surface area contributed by atoms with E-state index >= 15 is 0 Å². The smallest absolute Gasteiger partial charge is 0.223 e. The van der Waals surface area contributed by atoms with Crippen LogP contribution in [0.1, 0.15) is 13.3 Å². The maximum Gasteiger partial charge on any atom is 0.223 e. The minimum absolute atomic E-state index is 0.0573. The van der Waals surface area contributed by atoms with Crippen molar-refractivity contribution in [2.45, 2.75) is 19.4 Å². The van der Waals surface area contributed by atoms with Gasteiger partial charge in [-0.1, -0.05) is 22.0 Å². The van der Waals surface area contributed by atoms with Gasteiger partial charge in [-0.25, -0.2) is 0 Å². The number of hydrogen-bond donors (Lipinski definition) is 2. The fraction of sp³-hybridized carbons (Fsp3) is 0.417. The van der Waals surface area contributed by atoms with Gasteiger partial charge in [-0.3, -0.25) is 4.79 Å². The molecule has 0 aromatic heterocycles. The van der Waals surface area contributed by atoms with Crippen LogP contribution in [0.15, 0.2) is 28.7 Å². The molecule has 0 saturated carbocycles. The molecule has 94 valence electrons. The van der Waals surface area contributed by atoms with E-state index in [4.69, 9.17) is 9.84 Å². The van der Waals surface area contributed by atoms with Crippen LogP contribution in [0.2, 0.25) is 0 Å². The zero-order valence-electron chi connectivity index (χ0n) is 9.65. The summed E-state index contributed by atoms with van der Waals surface area (Å²) >= 11 is 3.34. The van der Waals surface area contributed by atoms with Crippen molar-refractivity contribution in [2.75, 3.05) is 13.2 Å². The minimum atomic E-state index is -0.214. The summed E-state index contributed by atoms with van der Waals surface area (Å²) in [4.78, 5) is 11.4. The molecule has 0 saturated heterocycles. The molecule has 0 fully saturated rings. The summed E-state index contributed by atoms with van der Waals surface area (Å²) in [6, 6.07) is 7.23. The van der Waals surface area contributed by atoms with Crippen molar-refractivity contribution in [3.05, 3.63) is 28.7 Å². The van der Waals surface area contributed by atoms with E-state index < -0.39 is 0 Å². The molecular weight excluding hydrogens is 286 g/mol. The first-order valence-corrected chi connectivity index (χ1v) is 6.19. The molecule has 1 atom stereocenters. The van der Waals surface area contributed by atoms with E-state index in [2.05, 4.69) is 21.2 Å². The van der Waals surface area contributed by atoms with Gasteiger partial charge in [0.1, 0.15) is 5.75 Å². The number of ether oxygens (including phenoxy) is 1. The minimum Gasteiger partial charge on any atom is -0.493 e. The normalized spacial score (nSPS) is 11.9. The Labute approximate surface area is 109 Å². The summed E-state index contributed by atoms with van der Waals surface area (Å²) in [5.74, 6) is 0.601. The van der Waals surface area contributed by atoms with Crippen molar-refractivity contribution in [3.63, 3.8) is 0 Å². The van der Waals surface area contributed by atoms with Gasteiger partial charge in [0.15, 0.2) is 0 Å². The van der Waals surface area contributed by atoms with E-state index in [0.29, 0.717) is 6.61 Å². The molecule has 0 aliphatic rings. The second-order valence-electron chi connectivity index (χ2n) is 3.71. The van der Waals surface area contributed by atoms with Gasteiger partial charge in [0.2, 0.25) is 5.91 Å². The van der Waals surface area contributed by atoms with Crippen molar-refractivity contribution in [2.24, 2.45) is 0 Å². The lowest BCUT2D eigenvalue weighted by molar-refractivity contribution is -0.122. The number of aliphatic hydroxyl groups excluding tert-OH is 1. The summed E-state index contributed by atoms with van der Waals surface area (Å²) in [6.07, 6.45) is 0.275. The number of halogens is 1. The number of aliphatic hydroxyl groups is 1. The Kier molecular flexibility index (Phi) is 6.00. The van der Waals surface area contributed by atoms with Crippen LogP contribution in [0.3, 0.4) is 0 Å². The van der Waals surface area contributed by atoms with Crippen molar-refractivity contribution in [1.29, 1.82) is 0 Å². The van der Waals surface area contributed by atoms with E-state index in [9.17, 15) is 4.79 Å². The van der Waals surface area contributed by atoms with Gasteiger partial charge < -0.3 is 15.2 Å². The van der Waals surface area contributed by atoms with Crippen LogP contribution in [0.25, 0.3) is 0 Å². The van der Waals surface area contributed by atoms with E-state index in [0.717, 1.165) is 10.2 Å². The Bertz CT molecular complexity index is 371. The van der Waals surface area contributed by atoms with E-state index in [1.807, 2.05) is 24.3 Å². The lowest BCUT2D eigenvalue weighted by Crippen LogP contribution is -2.35. The average Bonchev–Trinajstić information content (AvgIpc) is 2.29. The predicted octanol–water partition coefficient (Wildman–Crippen LogP) is 1.71. The monoisotopic (exact) mass is 301 g/mol. The molecule has 0 spiro atoms. The Hall–Kier alpha value is -1.07. The number of carbonyl (C=O) groups excluding carboxylic acids is 1. The lowest BCUT2D eigenvalue weighted by atomic mass is 10.3. The average molecular weight is 302 g/mol. The number of rotatable bonds is 6. The third-order valence-corrected chi connectivity index (χ3v) is 2.57. The first-order chi connectivity index (χ1) is 8.11. The highest BCUT2D eigenvalue weighted by molar-refractivity contribution is 9.10. The highest BCUT2D eigenvalue weighted by Gasteiger charge is 2.06. The topological polar surface area (TPSA) is 58.6 Å². The highest BCUT2D eigenvalue weighted by atomic mass is 79.9. The van der Waals surface area contributed by atoms with Crippen LogP contribution in [0.4, 0.5) is 0 Å². The molecule has 17 heavy (non-hydrogen) atoms. The van der Waals surface area contributed by atoms with Crippen molar-refractivity contribution in [1.82, 2.24) is 5.32 Å². The third kappa shape index (κ3) is 5.70. The van der Waals surface area contributed by atoms with Crippen molar-refractivity contribution < 1.29 is 14.6 Å². The van der Waals surface area contributed by atoms with Gasteiger partial charge in [-0.2, -0.15) is 0 Å². The summed E-state index contributed by atoms with van der Waals surface area (Å²) in [5, 5.41) is 11.4. The van der Waals surface area contributed by atoms with E-state index in [-0.39, 0.29) is 25.0 Å². The number of carbonyl (C=O) groups is 1. The quantitative estimate of drug-likeness (QED) is 0.841. The summed E-state index contributed by atoms with van der Waals surface area (Å²) in [6.45, 7) is 2.01. The molecule has 1 amide bonds. The first-order valence-electron chi connectivity index (χ1n) is 5.40. The zero-order valence-corrected chi connectivity index (χ0v) is 11.2. The molecule has 0 aliphatic heterocycles. The summed E-state index contributed by atoms with van der Waals surface area (Å²) in [7, 11) is 0. The van der Waals surface area contributed by atoms with Crippen LogP contribution >= 0.6 is 15.9 Å². The Morgan fingerprint density at radius 3 is 3.00 bits per heavy atom. The maximum absolute atomic E-state index is 11.4. The fourth-order valence-corrected chi connectivity index (χ4v) is 1.59. The van der Waals surface area contributed by atoms with Gasteiger partial charge in [0.25, 0.3) is 0 Å². The molecule has 2 N–H and O–H groups in total. The zero-order chi connectivity index (χ0) is 12.7. The first kappa shape index (κ1) is 14.0. The van der Waals surface area contributed by atoms with Crippen LogP contribution in [-0.4, -0.2) is 30.3 Å². The Morgan fingerprint density at radius 2 is 2.35 bits per heavy atom. The largest absolute Gasteiger partial charge is 0.493 e. The number of benzene rings is 1. The molecule has 0 unspecified atom stereocenters. The number of nitrogens with one attached hydrogen (secondary N) is 1. The van der Waals surface area contributed by atoms with Crippen LogP contribution in [0, 0.1) is 0 Å². The second-order valence-corrected chi connectivity index (χ2v) is 4.62. The van der Waals surface area contributed by atoms with Gasteiger partial charge in [0.05, 0.1) is 19.6 Å². The maximum atomic E-state index is 11.4. The third-order valence-electron chi connectivity index (χ3n) is 2.08. The SMILES string of the molecule is C[C@H](CO)NC(=O)CCOc1cccc(Br)c1. The Balaban J connectivity index is 2.26. The lowest BCUT2D eigenvalue weighted by Gasteiger charge is -2.11. The van der Waals surface area contributed by atoms with E-state index in [1.54, 1.807) is 6.92 Å².